The normalized spacial score (nSPS) is 12.6. The van der Waals surface area contributed by atoms with Crippen molar-refractivity contribution in [2.24, 2.45) is 5.92 Å². The van der Waals surface area contributed by atoms with Gasteiger partial charge >= 0.3 is 0 Å². The molecule has 1 aromatic heterocycles. The van der Waals surface area contributed by atoms with Crippen molar-refractivity contribution in [1.82, 2.24) is 20.6 Å². The highest BCUT2D eigenvalue weighted by Crippen LogP contribution is 2.20. The first-order valence-corrected chi connectivity index (χ1v) is 6.75. The molecule has 1 aromatic carbocycles. The van der Waals surface area contributed by atoms with Gasteiger partial charge in [0.1, 0.15) is 0 Å². The van der Waals surface area contributed by atoms with Crippen molar-refractivity contribution < 1.29 is 0 Å². The van der Waals surface area contributed by atoms with E-state index in [0.29, 0.717) is 11.9 Å². The van der Waals surface area contributed by atoms with Crippen LogP contribution in [0.25, 0.3) is 11.4 Å². The number of aromatic nitrogens is 4. The van der Waals surface area contributed by atoms with Crippen LogP contribution in [0.3, 0.4) is 0 Å². The Labute approximate surface area is 113 Å². The lowest BCUT2D eigenvalue weighted by Crippen LogP contribution is -2.15. The van der Waals surface area contributed by atoms with Crippen LogP contribution in [0.2, 0.25) is 0 Å². The number of hydrogen-bond donors (Lipinski definition) is 2. The molecular weight excluding hydrogens is 238 g/mol. The molecule has 2 rings (SSSR count). The number of aromatic amines is 1. The second-order valence-corrected chi connectivity index (χ2v) is 5.33. The lowest BCUT2D eigenvalue weighted by Gasteiger charge is -2.16. The van der Waals surface area contributed by atoms with Gasteiger partial charge < -0.3 is 5.32 Å². The zero-order chi connectivity index (χ0) is 13.7. The van der Waals surface area contributed by atoms with Crippen molar-refractivity contribution in [3.05, 3.63) is 24.3 Å². The van der Waals surface area contributed by atoms with E-state index in [9.17, 15) is 0 Å². The Kier molecular flexibility index (Phi) is 4.49. The van der Waals surface area contributed by atoms with E-state index in [4.69, 9.17) is 0 Å². The Morgan fingerprint density at radius 3 is 2.74 bits per heavy atom. The third kappa shape index (κ3) is 4.05. The average molecular weight is 259 g/mol. The summed E-state index contributed by atoms with van der Waals surface area (Å²) in [7, 11) is 0. The minimum Gasteiger partial charge on any atom is -0.383 e. The summed E-state index contributed by atoms with van der Waals surface area (Å²) < 4.78 is 0. The summed E-state index contributed by atoms with van der Waals surface area (Å²) >= 11 is 0. The molecule has 2 aromatic rings. The van der Waals surface area contributed by atoms with Crippen LogP contribution in [-0.4, -0.2) is 26.7 Å². The highest BCUT2D eigenvalue weighted by Gasteiger charge is 2.06. The largest absolute Gasteiger partial charge is 0.383 e. The topological polar surface area (TPSA) is 66.5 Å². The first-order chi connectivity index (χ1) is 9.15. The van der Waals surface area contributed by atoms with Gasteiger partial charge in [0.05, 0.1) is 0 Å². The maximum absolute atomic E-state index is 3.99. The lowest BCUT2D eigenvalue weighted by molar-refractivity contribution is 0.528. The molecule has 0 aliphatic heterocycles. The van der Waals surface area contributed by atoms with Gasteiger partial charge in [0.2, 0.25) is 5.82 Å². The number of nitrogens with zero attached hydrogens (tertiary/aromatic N) is 3. The van der Waals surface area contributed by atoms with E-state index in [2.05, 4.69) is 58.8 Å². The third-order valence-electron chi connectivity index (χ3n) is 3.06. The lowest BCUT2D eigenvalue weighted by atomic mass is 10.0. The van der Waals surface area contributed by atoms with Crippen molar-refractivity contribution in [1.29, 1.82) is 0 Å². The standard InChI is InChI=1S/C14H21N5/c1-10(2)7-8-11(3)15-13-6-4-5-12(9-13)14-16-18-19-17-14/h4-6,9-11,15H,7-8H2,1-3H3,(H,16,17,18,19). The molecule has 5 heteroatoms. The Morgan fingerprint density at radius 2 is 2.05 bits per heavy atom. The Hall–Kier alpha value is -1.91. The van der Waals surface area contributed by atoms with Crippen molar-refractivity contribution in [2.75, 3.05) is 5.32 Å². The molecule has 1 atom stereocenters. The first-order valence-electron chi connectivity index (χ1n) is 6.75. The number of benzene rings is 1. The van der Waals surface area contributed by atoms with Crippen LogP contribution >= 0.6 is 0 Å². The second kappa shape index (κ2) is 6.31. The smallest absolute Gasteiger partial charge is 0.204 e. The number of anilines is 1. The molecule has 0 radical (unpaired) electrons. The van der Waals surface area contributed by atoms with Gasteiger partial charge in [-0.3, -0.25) is 0 Å². The van der Waals surface area contributed by atoms with E-state index in [0.717, 1.165) is 17.2 Å². The molecule has 1 unspecified atom stereocenters. The van der Waals surface area contributed by atoms with Crippen molar-refractivity contribution in [3.8, 4) is 11.4 Å². The van der Waals surface area contributed by atoms with E-state index < -0.39 is 0 Å². The van der Waals surface area contributed by atoms with Crippen LogP contribution in [0.1, 0.15) is 33.6 Å². The first kappa shape index (κ1) is 13.5. The van der Waals surface area contributed by atoms with E-state index in [1.165, 1.54) is 12.8 Å². The Bertz CT molecular complexity index is 492. The highest BCUT2D eigenvalue weighted by molar-refractivity contribution is 5.61. The summed E-state index contributed by atoms with van der Waals surface area (Å²) in [5, 5.41) is 17.5. The summed E-state index contributed by atoms with van der Waals surface area (Å²) in [6, 6.07) is 8.56. The molecule has 0 amide bonds. The average Bonchev–Trinajstić information content (AvgIpc) is 2.90. The molecule has 0 spiro atoms. The molecule has 2 N–H and O–H groups in total. The fourth-order valence-electron chi connectivity index (χ4n) is 1.97. The molecule has 0 aliphatic carbocycles. The number of tetrazole rings is 1. The van der Waals surface area contributed by atoms with Crippen LogP contribution < -0.4 is 5.32 Å². The van der Waals surface area contributed by atoms with Crippen LogP contribution in [0, 0.1) is 5.92 Å². The summed E-state index contributed by atoms with van der Waals surface area (Å²) in [4.78, 5) is 0. The van der Waals surface area contributed by atoms with E-state index in [1.807, 2.05) is 12.1 Å². The minimum absolute atomic E-state index is 0.461. The molecule has 5 nitrogen and oxygen atoms in total. The number of hydrogen-bond acceptors (Lipinski definition) is 4. The third-order valence-corrected chi connectivity index (χ3v) is 3.06. The summed E-state index contributed by atoms with van der Waals surface area (Å²) in [6.07, 6.45) is 2.41. The van der Waals surface area contributed by atoms with Crippen molar-refractivity contribution >= 4 is 5.69 Å². The Morgan fingerprint density at radius 1 is 1.21 bits per heavy atom. The predicted molar refractivity (Wildman–Crippen MR) is 76.8 cm³/mol. The van der Waals surface area contributed by atoms with Crippen molar-refractivity contribution in [2.45, 2.75) is 39.7 Å². The van der Waals surface area contributed by atoms with Gasteiger partial charge in [-0.05, 0) is 43.0 Å². The number of nitrogens with one attached hydrogen (secondary N) is 2. The molecule has 19 heavy (non-hydrogen) atoms. The Balaban J connectivity index is 1.99. The zero-order valence-corrected chi connectivity index (χ0v) is 11.7. The SMILES string of the molecule is CC(C)CCC(C)Nc1cccc(-c2nn[nH]n2)c1. The van der Waals surface area contributed by atoms with Crippen LogP contribution in [0.5, 0.6) is 0 Å². The van der Waals surface area contributed by atoms with Gasteiger partial charge in [0, 0.05) is 17.3 Å². The molecule has 0 aliphatic rings. The number of H-pyrrole nitrogens is 1. The molecule has 0 bridgehead atoms. The fourth-order valence-corrected chi connectivity index (χ4v) is 1.97. The van der Waals surface area contributed by atoms with Gasteiger partial charge in [-0.25, -0.2) is 0 Å². The highest BCUT2D eigenvalue weighted by atomic mass is 15.5. The predicted octanol–water partition coefficient (Wildman–Crippen LogP) is 3.10. The fraction of sp³-hybridized carbons (Fsp3) is 0.500. The van der Waals surface area contributed by atoms with E-state index in [-0.39, 0.29) is 0 Å². The molecular formula is C14H21N5. The summed E-state index contributed by atoms with van der Waals surface area (Å²) in [5.41, 5.74) is 2.06. The molecule has 1 heterocycles. The van der Waals surface area contributed by atoms with Crippen LogP contribution in [-0.2, 0) is 0 Å². The van der Waals surface area contributed by atoms with Crippen molar-refractivity contribution in [3.63, 3.8) is 0 Å². The minimum atomic E-state index is 0.461. The zero-order valence-electron chi connectivity index (χ0n) is 11.7. The molecule has 0 saturated carbocycles. The van der Waals surface area contributed by atoms with Gasteiger partial charge in [0.15, 0.2) is 0 Å². The van der Waals surface area contributed by atoms with Gasteiger partial charge in [-0.2, -0.15) is 5.21 Å². The second-order valence-electron chi connectivity index (χ2n) is 5.33. The van der Waals surface area contributed by atoms with Crippen LogP contribution in [0.4, 0.5) is 5.69 Å². The van der Waals surface area contributed by atoms with Gasteiger partial charge in [-0.1, -0.05) is 26.0 Å². The van der Waals surface area contributed by atoms with Crippen LogP contribution in [0.15, 0.2) is 24.3 Å². The molecule has 102 valence electrons. The van der Waals surface area contributed by atoms with E-state index >= 15 is 0 Å². The summed E-state index contributed by atoms with van der Waals surface area (Å²) in [6.45, 7) is 6.72. The quantitative estimate of drug-likeness (QED) is 0.836. The molecule has 0 saturated heterocycles. The maximum Gasteiger partial charge on any atom is 0.204 e. The maximum atomic E-state index is 3.99. The summed E-state index contributed by atoms with van der Waals surface area (Å²) in [5.74, 6) is 1.37. The monoisotopic (exact) mass is 259 g/mol. The van der Waals surface area contributed by atoms with E-state index in [1.54, 1.807) is 0 Å². The number of rotatable bonds is 6. The van der Waals surface area contributed by atoms with Gasteiger partial charge in [0.25, 0.3) is 0 Å². The van der Waals surface area contributed by atoms with Gasteiger partial charge in [-0.15, -0.1) is 10.2 Å². The molecule has 0 fully saturated rings.